The topological polar surface area (TPSA) is 67.5 Å². The van der Waals surface area contributed by atoms with Gasteiger partial charge in [0.1, 0.15) is 11.6 Å². The summed E-state index contributed by atoms with van der Waals surface area (Å²) >= 11 is 5.46. The van der Waals surface area contributed by atoms with E-state index in [0.717, 1.165) is 26.4 Å². The van der Waals surface area contributed by atoms with E-state index in [1.807, 2.05) is 12.1 Å². The van der Waals surface area contributed by atoms with Crippen molar-refractivity contribution in [3.05, 3.63) is 66.2 Å². The van der Waals surface area contributed by atoms with Gasteiger partial charge in [-0.05, 0) is 71.0 Å². The number of rotatable bonds is 5. The van der Waals surface area contributed by atoms with Crippen molar-refractivity contribution in [3.63, 3.8) is 0 Å². The first-order chi connectivity index (χ1) is 12.5. The van der Waals surface area contributed by atoms with Crippen LogP contribution in [0.15, 0.2) is 50.8 Å². The van der Waals surface area contributed by atoms with E-state index in [0.29, 0.717) is 23.1 Å². The number of halogens is 2. The Morgan fingerprint density at radius 3 is 2.85 bits per heavy atom. The van der Waals surface area contributed by atoms with Crippen LogP contribution >= 0.6 is 38.5 Å². The molecule has 0 saturated heterocycles. The van der Waals surface area contributed by atoms with Crippen molar-refractivity contribution in [2.75, 3.05) is 0 Å². The molecule has 0 unspecified atom stereocenters. The van der Waals surface area contributed by atoms with Crippen molar-refractivity contribution in [2.45, 2.75) is 26.2 Å². The molecule has 134 valence electrons. The number of hydrogen-bond donors (Lipinski definition) is 1. The standard InChI is InChI=1S/C19H17BrIN3O2/c1-2-3-4-18-23-16-7-6-13(20)10-14(16)19(26)24(18)22-11-12-5-8-17(25)15(21)9-12/h5-11,25H,2-4H2,1H3. The molecule has 3 aromatic rings. The second kappa shape index (κ2) is 8.30. The van der Waals surface area contributed by atoms with Gasteiger partial charge in [0.2, 0.25) is 0 Å². The van der Waals surface area contributed by atoms with Gasteiger partial charge < -0.3 is 5.11 Å². The highest BCUT2D eigenvalue weighted by atomic mass is 127. The molecule has 0 amide bonds. The Morgan fingerprint density at radius 1 is 1.31 bits per heavy atom. The number of aromatic hydroxyl groups is 1. The summed E-state index contributed by atoms with van der Waals surface area (Å²) in [5.74, 6) is 0.872. The minimum Gasteiger partial charge on any atom is -0.507 e. The SMILES string of the molecule is CCCCc1nc2ccc(Br)cc2c(=O)n1N=Cc1ccc(O)c(I)c1. The number of fused-ring (bicyclic) bond motifs is 1. The fourth-order valence-corrected chi connectivity index (χ4v) is 3.44. The van der Waals surface area contributed by atoms with Crippen LogP contribution in [0.3, 0.4) is 0 Å². The number of aromatic nitrogens is 2. The largest absolute Gasteiger partial charge is 0.507 e. The normalized spacial score (nSPS) is 11.5. The summed E-state index contributed by atoms with van der Waals surface area (Å²) in [6.45, 7) is 2.10. The first-order valence-corrected chi connectivity index (χ1v) is 10.1. The third-order valence-corrected chi connectivity index (χ3v) is 5.28. The Labute approximate surface area is 173 Å². The van der Waals surface area contributed by atoms with Crippen LogP contribution in [0.4, 0.5) is 0 Å². The second-order valence-electron chi connectivity index (χ2n) is 5.87. The first kappa shape index (κ1) is 19.0. The summed E-state index contributed by atoms with van der Waals surface area (Å²) in [6.07, 6.45) is 4.24. The molecule has 5 nitrogen and oxygen atoms in total. The molecule has 0 fully saturated rings. The number of nitrogens with zero attached hydrogens (tertiary/aromatic N) is 3. The molecule has 26 heavy (non-hydrogen) atoms. The van der Waals surface area contributed by atoms with E-state index in [2.05, 4.69) is 55.5 Å². The Kier molecular flexibility index (Phi) is 6.08. The number of hydrogen-bond acceptors (Lipinski definition) is 4. The fourth-order valence-electron chi connectivity index (χ4n) is 2.54. The molecular formula is C19H17BrIN3O2. The summed E-state index contributed by atoms with van der Waals surface area (Å²) < 4.78 is 2.93. The van der Waals surface area contributed by atoms with Crippen molar-refractivity contribution in [2.24, 2.45) is 5.10 Å². The van der Waals surface area contributed by atoms with E-state index >= 15 is 0 Å². The Bertz CT molecular complexity index is 1050. The van der Waals surface area contributed by atoms with Crippen molar-refractivity contribution in [3.8, 4) is 5.75 Å². The number of aryl methyl sites for hydroxylation is 1. The molecule has 0 saturated carbocycles. The van der Waals surface area contributed by atoms with Gasteiger partial charge in [0.25, 0.3) is 5.56 Å². The highest BCUT2D eigenvalue weighted by molar-refractivity contribution is 14.1. The average molecular weight is 526 g/mol. The molecule has 0 aliphatic heterocycles. The lowest BCUT2D eigenvalue weighted by molar-refractivity contribution is 0.471. The van der Waals surface area contributed by atoms with Crippen LogP contribution in [0.5, 0.6) is 5.75 Å². The Hall–Kier alpha value is -1.74. The van der Waals surface area contributed by atoms with Gasteiger partial charge in [-0.2, -0.15) is 9.78 Å². The molecule has 0 atom stereocenters. The monoisotopic (exact) mass is 525 g/mol. The van der Waals surface area contributed by atoms with E-state index in [1.54, 1.807) is 30.5 Å². The zero-order valence-corrected chi connectivity index (χ0v) is 17.9. The maximum Gasteiger partial charge on any atom is 0.282 e. The number of phenols is 1. The van der Waals surface area contributed by atoms with Crippen molar-refractivity contribution < 1.29 is 5.11 Å². The predicted octanol–water partition coefficient (Wildman–Crippen LogP) is 4.69. The van der Waals surface area contributed by atoms with Crippen molar-refractivity contribution in [1.29, 1.82) is 0 Å². The molecule has 1 aromatic heterocycles. The zero-order chi connectivity index (χ0) is 18.7. The average Bonchev–Trinajstić information content (AvgIpc) is 2.62. The van der Waals surface area contributed by atoms with E-state index in [-0.39, 0.29) is 11.3 Å². The van der Waals surface area contributed by atoms with E-state index in [1.165, 1.54) is 4.68 Å². The van der Waals surface area contributed by atoms with E-state index < -0.39 is 0 Å². The lowest BCUT2D eigenvalue weighted by atomic mass is 10.2. The molecular weight excluding hydrogens is 509 g/mol. The zero-order valence-electron chi connectivity index (χ0n) is 14.1. The first-order valence-electron chi connectivity index (χ1n) is 8.23. The highest BCUT2D eigenvalue weighted by Gasteiger charge is 2.11. The molecule has 0 aliphatic carbocycles. The molecule has 0 spiro atoms. The maximum atomic E-state index is 13.0. The Morgan fingerprint density at radius 2 is 2.12 bits per heavy atom. The molecule has 0 bridgehead atoms. The maximum absolute atomic E-state index is 13.0. The van der Waals surface area contributed by atoms with Crippen LogP contribution in [0.2, 0.25) is 0 Å². The summed E-state index contributed by atoms with van der Waals surface area (Å²) in [4.78, 5) is 17.6. The van der Waals surface area contributed by atoms with Gasteiger partial charge in [0, 0.05) is 10.9 Å². The lowest BCUT2D eigenvalue weighted by Crippen LogP contribution is -2.22. The van der Waals surface area contributed by atoms with Crippen LogP contribution in [0.25, 0.3) is 10.9 Å². The Balaban J connectivity index is 2.11. The summed E-state index contributed by atoms with van der Waals surface area (Å²) in [7, 11) is 0. The van der Waals surface area contributed by atoms with E-state index in [9.17, 15) is 9.90 Å². The van der Waals surface area contributed by atoms with Crippen LogP contribution < -0.4 is 5.56 Å². The van der Waals surface area contributed by atoms with Crippen LogP contribution in [-0.2, 0) is 6.42 Å². The second-order valence-corrected chi connectivity index (χ2v) is 7.94. The minimum absolute atomic E-state index is 0.188. The fraction of sp³-hybridized carbons (Fsp3) is 0.211. The quantitative estimate of drug-likeness (QED) is 0.388. The number of benzene rings is 2. The van der Waals surface area contributed by atoms with Gasteiger partial charge >= 0.3 is 0 Å². The van der Waals surface area contributed by atoms with Crippen molar-refractivity contribution in [1.82, 2.24) is 9.66 Å². The van der Waals surface area contributed by atoms with Gasteiger partial charge in [-0.15, -0.1) is 0 Å². The van der Waals surface area contributed by atoms with Crippen molar-refractivity contribution >= 4 is 55.6 Å². The van der Waals surface area contributed by atoms with Gasteiger partial charge in [-0.1, -0.05) is 29.3 Å². The van der Waals surface area contributed by atoms with E-state index in [4.69, 9.17) is 0 Å². The summed E-state index contributed by atoms with van der Waals surface area (Å²) in [5.41, 5.74) is 1.29. The smallest absolute Gasteiger partial charge is 0.282 e. The summed E-state index contributed by atoms with van der Waals surface area (Å²) in [5, 5.41) is 14.6. The lowest BCUT2D eigenvalue weighted by Gasteiger charge is -2.09. The van der Waals surface area contributed by atoms with Gasteiger partial charge in [-0.25, -0.2) is 4.98 Å². The summed E-state index contributed by atoms with van der Waals surface area (Å²) in [6, 6.07) is 10.7. The van der Waals surface area contributed by atoms with Gasteiger partial charge in [0.15, 0.2) is 0 Å². The molecule has 0 radical (unpaired) electrons. The predicted molar refractivity (Wildman–Crippen MR) is 116 cm³/mol. The van der Waals surface area contributed by atoms with Crippen LogP contribution in [0, 0.1) is 3.57 Å². The van der Waals surface area contributed by atoms with Gasteiger partial charge in [-0.3, -0.25) is 4.79 Å². The highest BCUT2D eigenvalue weighted by Crippen LogP contribution is 2.20. The van der Waals surface area contributed by atoms with Crippen LogP contribution in [0.1, 0.15) is 31.2 Å². The molecule has 0 aliphatic rings. The number of unbranched alkanes of at least 4 members (excludes halogenated alkanes) is 1. The number of phenolic OH excluding ortho intramolecular Hbond substituents is 1. The van der Waals surface area contributed by atoms with Crippen LogP contribution in [-0.4, -0.2) is 21.0 Å². The minimum atomic E-state index is -0.188. The molecule has 1 N–H and O–H groups in total. The molecule has 1 heterocycles. The third-order valence-electron chi connectivity index (χ3n) is 3.92. The molecule has 3 rings (SSSR count). The molecule has 2 aromatic carbocycles. The van der Waals surface area contributed by atoms with Gasteiger partial charge in [0.05, 0.1) is 20.7 Å². The molecule has 7 heteroatoms. The third kappa shape index (κ3) is 4.15.